The van der Waals surface area contributed by atoms with Crippen LogP contribution in [0, 0.1) is 6.92 Å². The fourth-order valence-electron chi connectivity index (χ4n) is 2.10. The molecular formula is C17H18O3. The van der Waals surface area contributed by atoms with E-state index in [1.165, 1.54) is 6.07 Å². The van der Waals surface area contributed by atoms with E-state index in [0.29, 0.717) is 18.4 Å². The van der Waals surface area contributed by atoms with Gasteiger partial charge in [0.15, 0.2) is 5.78 Å². The Kier molecular flexibility index (Phi) is 4.41. The molecule has 0 saturated carbocycles. The van der Waals surface area contributed by atoms with E-state index in [4.69, 9.17) is 4.74 Å². The van der Waals surface area contributed by atoms with Crippen molar-refractivity contribution in [1.82, 2.24) is 0 Å². The van der Waals surface area contributed by atoms with Crippen molar-refractivity contribution < 1.29 is 14.6 Å². The van der Waals surface area contributed by atoms with Crippen LogP contribution >= 0.6 is 0 Å². The molecule has 104 valence electrons. The number of benzene rings is 2. The quantitative estimate of drug-likeness (QED) is 0.845. The van der Waals surface area contributed by atoms with Gasteiger partial charge in [-0.05, 0) is 42.7 Å². The molecule has 0 atom stereocenters. The molecule has 0 spiro atoms. The van der Waals surface area contributed by atoms with Crippen molar-refractivity contribution in [3.63, 3.8) is 0 Å². The second-order valence-corrected chi connectivity index (χ2v) is 4.78. The first-order valence-electron chi connectivity index (χ1n) is 6.56. The summed E-state index contributed by atoms with van der Waals surface area (Å²) in [7, 11) is 1.64. The van der Waals surface area contributed by atoms with Gasteiger partial charge in [0.05, 0.1) is 7.11 Å². The Labute approximate surface area is 118 Å². The summed E-state index contributed by atoms with van der Waals surface area (Å²) >= 11 is 0. The summed E-state index contributed by atoms with van der Waals surface area (Å²) in [4.78, 5) is 12.0. The predicted molar refractivity (Wildman–Crippen MR) is 78.5 cm³/mol. The largest absolute Gasteiger partial charge is 0.508 e. The number of ketones is 1. The van der Waals surface area contributed by atoms with Crippen molar-refractivity contribution in [2.24, 2.45) is 0 Å². The van der Waals surface area contributed by atoms with Gasteiger partial charge in [0.1, 0.15) is 11.5 Å². The van der Waals surface area contributed by atoms with Gasteiger partial charge in [-0.3, -0.25) is 4.79 Å². The average Bonchev–Trinajstić information content (AvgIpc) is 2.46. The van der Waals surface area contributed by atoms with Crippen molar-refractivity contribution in [1.29, 1.82) is 0 Å². The number of Topliss-reactive ketones (excluding diaryl/α,β-unsaturated/α-hetero) is 1. The van der Waals surface area contributed by atoms with Gasteiger partial charge in [-0.25, -0.2) is 0 Å². The minimum Gasteiger partial charge on any atom is -0.508 e. The van der Waals surface area contributed by atoms with Crippen molar-refractivity contribution >= 4 is 5.78 Å². The number of phenolic OH excluding ortho intramolecular Hbond substituents is 1. The molecule has 0 aromatic heterocycles. The summed E-state index contributed by atoms with van der Waals surface area (Å²) in [6.07, 6.45) is 1.07. The Morgan fingerprint density at radius 1 is 1.20 bits per heavy atom. The smallest absolute Gasteiger partial charge is 0.163 e. The number of aromatic hydroxyl groups is 1. The molecule has 2 aromatic rings. The summed E-state index contributed by atoms with van der Waals surface area (Å²) in [5, 5.41) is 9.38. The molecule has 0 heterocycles. The zero-order valence-electron chi connectivity index (χ0n) is 11.7. The van der Waals surface area contributed by atoms with Crippen LogP contribution in [0.25, 0.3) is 0 Å². The Morgan fingerprint density at radius 3 is 2.70 bits per heavy atom. The maximum atomic E-state index is 12.0. The number of hydrogen-bond donors (Lipinski definition) is 1. The van der Waals surface area contributed by atoms with Crippen molar-refractivity contribution in [3.8, 4) is 11.5 Å². The monoisotopic (exact) mass is 270 g/mol. The number of hydrogen-bond acceptors (Lipinski definition) is 3. The number of carbonyl (C=O) groups is 1. The maximum absolute atomic E-state index is 12.0. The topological polar surface area (TPSA) is 46.5 Å². The molecule has 0 fully saturated rings. The molecule has 0 amide bonds. The molecule has 3 nitrogen and oxygen atoms in total. The van der Waals surface area contributed by atoms with E-state index < -0.39 is 0 Å². The lowest BCUT2D eigenvalue weighted by atomic mass is 10.0. The lowest BCUT2D eigenvalue weighted by Gasteiger charge is -2.07. The highest BCUT2D eigenvalue weighted by Gasteiger charge is 2.08. The van der Waals surface area contributed by atoms with Gasteiger partial charge in [-0.2, -0.15) is 0 Å². The van der Waals surface area contributed by atoms with E-state index in [1.807, 2.05) is 25.1 Å². The molecule has 0 bridgehead atoms. The maximum Gasteiger partial charge on any atom is 0.163 e. The third kappa shape index (κ3) is 3.38. The molecule has 0 radical (unpaired) electrons. The van der Waals surface area contributed by atoms with Crippen molar-refractivity contribution in [3.05, 3.63) is 59.2 Å². The van der Waals surface area contributed by atoms with E-state index in [2.05, 4.69) is 0 Å². The van der Waals surface area contributed by atoms with Crippen molar-refractivity contribution in [2.75, 3.05) is 7.11 Å². The van der Waals surface area contributed by atoms with Gasteiger partial charge < -0.3 is 9.84 Å². The molecule has 3 heteroatoms. The number of ether oxygens (including phenoxy) is 1. The van der Waals surface area contributed by atoms with Gasteiger partial charge in [-0.15, -0.1) is 0 Å². The highest BCUT2D eigenvalue weighted by atomic mass is 16.5. The Balaban J connectivity index is 2.03. The van der Waals surface area contributed by atoms with Crippen LogP contribution in [-0.4, -0.2) is 18.0 Å². The fourth-order valence-corrected chi connectivity index (χ4v) is 2.10. The number of carbonyl (C=O) groups excluding carboxylic acids is 1. The van der Waals surface area contributed by atoms with Crippen LogP contribution in [0.1, 0.15) is 27.9 Å². The second-order valence-electron chi connectivity index (χ2n) is 4.78. The molecule has 2 rings (SSSR count). The van der Waals surface area contributed by atoms with E-state index in [-0.39, 0.29) is 11.5 Å². The third-order valence-electron chi connectivity index (χ3n) is 3.28. The van der Waals surface area contributed by atoms with E-state index in [0.717, 1.165) is 16.9 Å². The van der Waals surface area contributed by atoms with Gasteiger partial charge in [-0.1, -0.05) is 24.3 Å². The van der Waals surface area contributed by atoms with Crippen LogP contribution in [0.2, 0.25) is 0 Å². The van der Waals surface area contributed by atoms with Crippen LogP contribution in [0.4, 0.5) is 0 Å². The number of rotatable bonds is 5. The Hall–Kier alpha value is -2.29. The van der Waals surface area contributed by atoms with Crippen LogP contribution in [0.3, 0.4) is 0 Å². The molecular weight excluding hydrogens is 252 g/mol. The summed E-state index contributed by atoms with van der Waals surface area (Å²) < 4.78 is 5.27. The first-order chi connectivity index (χ1) is 9.60. The van der Waals surface area contributed by atoms with Gasteiger partial charge in [0, 0.05) is 12.0 Å². The minimum absolute atomic E-state index is 0.0282. The highest BCUT2D eigenvalue weighted by molar-refractivity contribution is 5.96. The molecule has 1 N–H and O–H groups in total. The van der Waals surface area contributed by atoms with Crippen LogP contribution in [-0.2, 0) is 6.42 Å². The second kappa shape index (κ2) is 6.24. The molecule has 0 unspecified atom stereocenters. The van der Waals surface area contributed by atoms with E-state index >= 15 is 0 Å². The Morgan fingerprint density at radius 2 is 2.00 bits per heavy atom. The average molecular weight is 270 g/mol. The van der Waals surface area contributed by atoms with E-state index in [9.17, 15) is 9.90 Å². The zero-order chi connectivity index (χ0) is 14.5. The third-order valence-corrected chi connectivity index (χ3v) is 3.28. The summed E-state index contributed by atoms with van der Waals surface area (Å²) in [5.41, 5.74) is 2.69. The van der Waals surface area contributed by atoms with Crippen LogP contribution < -0.4 is 4.74 Å². The lowest BCUT2D eigenvalue weighted by Crippen LogP contribution is -2.01. The number of methoxy groups -OCH3 is 1. The molecule has 20 heavy (non-hydrogen) atoms. The van der Waals surface area contributed by atoms with Crippen molar-refractivity contribution in [2.45, 2.75) is 19.8 Å². The molecule has 0 aliphatic carbocycles. The SMILES string of the molecule is COc1cc(CCC(=O)c2cccc(O)c2)ccc1C. The van der Waals surface area contributed by atoms with Crippen LogP contribution in [0.5, 0.6) is 11.5 Å². The summed E-state index contributed by atoms with van der Waals surface area (Å²) in [6.45, 7) is 1.99. The molecule has 0 aliphatic rings. The number of aryl methyl sites for hydroxylation is 2. The first kappa shape index (κ1) is 14.1. The van der Waals surface area contributed by atoms with Gasteiger partial charge in [0.2, 0.25) is 0 Å². The van der Waals surface area contributed by atoms with Crippen LogP contribution in [0.15, 0.2) is 42.5 Å². The zero-order valence-corrected chi connectivity index (χ0v) is 11.7. The standard InChI is InChI=1S/C17H18O3/c1-12-6-7-13(10-17(12)20-2)8-9-16(19)14-4-3-5-15(18)11-14/h3-7,10-11,18H,8-9H2,1-2H3. The predicted octanol–water partition coefficient (Wildman–Crippen LogP) is 3.52. The summed E-state index contributed by atoms with van der Waals surface area (Å²) in [5.74, 6) is 0.987. The van der Waals surface area contributed by atoms with Gasteiger partial charge >= 0.3 is 0 Å². The Bertz CT molecular complexity index is 617. The first-order valence-corrected chi connectivity index (χ1v) is 6.56. The summed E-state index contributed by atoms with van der Waals surface area (Å²) in [6, 6.07) is 12.4. The lowest BCUT2D eigenvalue weighted by molar-refractivity contribution is 0.0982. The number of phenols is 1. The highest BCUT2D eigenvalue weighted by Crippen LogP contribution is 2.20. The van der Waals surface area contributed by atoms with E-state index in [1.54, 1.807) is 25.3 Å². The fraction of sp³-hybridized carbons (Fsp3) is 0.235. The molecule has 0 aliphatic heterocycles. The van der Waals surface area contributed by atoms with Gasteiger partial charge in [0.25, 0.3) is 0 Å². The minimum atomic E-state index is 0.0282. The molecule has 0 saturated heterocycles. The molecule has 2 aromatic carbocycles. The normalized spacial score (nSPS) is 10.3.